The lowest BCUT2D eigenvalue weighted by Gasteiger charge is -2.35. The van der Waals surface area contributed by atoms with Gasteiger partial charge >= 0.3 is 0 Å². The molecule has 1 fully saturated rings. The maximum atomic E-state index is 11.4. The minimum atomic E-state index is -2.78. The first-order chi connectivity index (χ1) is 5.87. The molecule has 0 aromatic heterocycles. The maximum absolute atomic E-state index is 11.4. The molecule has 13 heavy (non-hydrogen) atoms. The Labute approximate surface area is 80.6 Å². The van der Waals surface area contributed by atoms with Crippen molar-refractivity contribution in [3.63, 3.8) is 0 Å². The van der Waals surface area contributed by atoms with Crippen LogP contribution >= 0.6 is 0 Å². The van der Waals surface area contributed by atoms with Gasteiger partial charge in [0.15, 0.2) is 9.84 Å². The van der Waals surface area contributed by atoms with E-state index in [9.17, 15) is 8.42 Å². The number of nitrogens with two attached hydrogens (primary N) is 1. The fraction of sp³-hybridized carbons (Fsp3) is 1.00. The van der Waals surface area contributed by atoms with Crippen LogP contribution in [-0.2, 0) is 9.84 Å². The van der Waals surface area contributed by atoms with Crippen molar-refractivity contribution in [3.05, 3.63) is 0 Å². The van der Waals surface area contributed by atoms with E-state index in [1.54, 1.807) is 0 Å². The first kappa shape index (κ1) is 11.0. The highest BCUT2D eigenvalue weighted by molar-refractivity contribution is 7.91. The van der Waals surface area contributed by atoms with E-state index in [2.05, 4.69) is 13.8 Å². The van der Waals surface area contributed by atoms with Gasteiger partial charge in [-0.05, 0) is 30.7 Å². The van der Waals surface area contributed by atoms with Gasteiger partial charge in [-0.3, -0.25) is 0 Å². The second-order valence-electron chi connectivity index (χ2n) is 4.65. The summed E-state index contributed by atoms with van der Waals surface area (Å²) in [5.41, 5.74) is 5.60. The SMILES string of the molecule is CC(C)(CN)C1CCCS(=O)(=O)C1. The van der Waals surface area contributed by atoms with E-state index in [1.807, 2.05) is 0 Å². The average molecular weight is 205 g/mol. The van der Waals surface area contributed by atoms with Crippen LogP contribution in [-0.4, -0.2) is 26.5 Å². The summed E-state index contributed by atoms with van der Waals surface area (Å²) < 4.78 is 22.8. The first-order valence-electron chi connectivity index (χ1n) is 4.78. The van der Waals surface area contributed by atoms with Gasteiger partial charge in [-0.25, -0.2) is 8.42 Å². The fourth-order valence-corrected chi connectivity index (χ4v) is 3.81. The van der Waals surface area contributed by atoms with Crippen molar-refractivity contribution in [1.29, 1.82) is 0 Å². The van der Waals surface area contributed by atoms with Crippen LogP contribution in [0.3, 0.4) is 0 Å². The second-order valence-corrected chi connectivity index (χ2v) is 6.87. The highest BCUT2D eigenvalue weighted by Gasteiger charge is 2.34. The smallest absolute Gasteiger partial charge is 0.150 e. The van der Waals surface area contributed by atoms with Gasteiger partial charge in [-0.15, -0.1) is 0 Å². The Hall–Kier alpha value is -0.0900. The van der Waals surface area contributed by atoms with Gasteiger partial charge in [0, 0.05) is 0 Å². The molecule has 1 aliphatic heterocycles. The summed E-state index contributed by atoms with van der Waals surface area (Å²) in [6.07, 6.45) is 1.81. The molecular weight excluding hydrogens is 186 g/mol. The highest BCUT2D eigenvalue weighted by atomic mass is 32.2. The molecule has 3 nitrogen and oxygen atoms in total. The minimum Gasteiger partial charge on any atom is -0.330 e. The highest BCUT2D eigenvalue weighted by Crippen LogP contribution is 2.33. The largest absolute Gasteiger partial charge is 0.330 e. The molecule has 0 bridgehead atoms. The molecule has 0 aliphatic carbocycles. The first-order valence-corrected chi connectivity index (χ1v) is 6.60. The monoisotopic (exact) mass is 205 g/mol. The van der Waals surface area contributed by atoms with E-state index in [4.69, 9.17) is 5.73 Å². The van der Waals surface area contributed by atoms with Gasteiger partial charge in [0.05, 0.1) is 11.5 Å². The third-order valence-electron chi connectivity index (χ3n) is 3.09. The Balaban J connectivity index is 2.73. The van der Waals surface area contributed by atoms with Crippen molar-refractivity contribution in [2.75, 3.05) is 18.1 Å². The lowest BCUT2D eigenvalue weighted by atomic mass is 9.77. The molecule has 1 unspecified atom stereocenters. The Kier molecular flexibility index (Phi) is 3.02. The Bertz CT molecular complexity index is 269. The topological polar surface area (TPSA) is 60.2 Å². The van der Waals surface area contributed by atoms with Gasteiger partial charge < -0.3 is 5.73 Å². The normalized spacial score (nSPS) is 28.7. The Morgan fingerprint density at radius 1 is 1.46 bits per heavy atom. The van der Waals surface area contributed by atoms with Crippen molar-refractivity contribution in [2.45, 2.75) is 26.7 Å². The Morgan fingerprint density at radius 2 is 2.08 bits per heavy atom. The molecule has 1 aliphatic rings. The summed E-state index contributed by atoms with van der Waals surface area (Å²) >= 11 is 0. The van der Waals surface area contributed by atoms with Crippen LogP contribution < -0.4 is 5.73 Å². The predicted molar refractivity (Wildman–Crippen MR) is 54.2 cm³/mol. The molecule has 4 heteroatoms. The van der Waals surface area contributed by atoms with Crippen LogP contribution in [0.25, 0.3) is 0 Å². The lowest BCUT2D eigenvalue weighted by Crippen LogP contribution is -2.39. The standard InChI is InChI=1S/C9H19NO2S/c1-9(2,7-10)8-4-3-5-13(11,12)6-8/h8H,3-7,10H2,1-2H3. The van der Waals surface area contributed by atoms with Crippen LogP contribution in [0.5, 0.6) is 0 Å². The summed E-state index contributed by atoms with van der Waals surface area (Å²) in [6, 6.07) is 0. The van der Waals surface area contributed by atoms with E-state index in [1.165, 1.54) is 0 Å². The van der Waals surface area contributed by atoms with Gasteiger partial charge in [0.2, 0.25) is 0 Å². The van der Waals surface area contributed by atoms with Gasteiger partial charge in [-0.1, -0.05) is 13.8 Å². The Morgan fingerprint density at radius 3 is 2.54 bits per heavy atom. The molecular formula is C9H19NO2S. The minimum absolute atomic E-state index is 0.0342. The average Bonchev–Trinajstić information content (AvgIpc) is 2.03. The van der Waals surface area contributed by atoms with Crippen LogP contribution in [0.1, 0.15) is 26.7 Å². The summed E-state index contributed by atoms with van der Waals surface area (Å²) in [7, 11) is -2.78. The van der Waals surface area contributed by atoms with Gasteiger partial charge in [0.1, 0.15) is 0 Å². The van der Waals surface area contributed by atoms with E-state index in [-0.39, 0.29) is 11.3 Å². The summed E-state index contributed by atoms with van der Waals surface area (Å²) in [6.45, 7) is 4.67. The zero-order chi connectivity index (χ0) is 10.1. The van der Waals surface area contributed by atoms with Crippen LogP contribution in [0.15, 0.2) is 0 Å². The second kappa shape index (κ2) is 3.58. The van der Waals surface area contributed by atoms with Crippen molar-refractivity contribution >= 4 is 9.84 Å². The molecule has 1 rings (SSSR count). The molecule has 0 amide bonds. The van der Waals surface area contributed by atoms with Crippen molar-refractivity contribution in [1.82, 2.24) is 0 Å². The predicted octanol–water partition coefficient (Wildman–Crippen LogP) is 0.796. The molecule has 78 valence electrons. The molecule has 2 N–H and O–H groups in total. The third-order valence-corrected chi connectivity index (χ3v) is 4.92. The van der Waals surface area contributed by atoms with Crippen LogP contribution in [0.2, 0.25) is 0 Å². The summed E-state index contributed by atoms with van der Waals surface area (Å²) in [4.78, 5) is 0. The molecule has 1 atom stereocenters. The van der Waals surface area contributed by atoms with Crippen LogP contribution in [0.4, 0.5) is 0 Å². The number of hydrogen-bond donors (Lipinski definition) is 1. The lowest BCUT2D eigenvalue weighted by molar-refractivity contribution is 0.223. The molecule has 0 saturated carbocycles. The van der Waals surface area contributed by atoms with Crippen molar-refractivity contribution < 1.29 is 8.42 Å². The van der Waals surface area contributed by atoms with E-state index >= 15 is 0 Å². The molecule has 0 radical (unpaired) electrons. The van der Waals surface area contributed by atoms with E-state index in [0.717, 1.165) is 12.8 Å². The third kappa shape index (κ3) is 2.68. The van der Waals surface area contributed by atoms with Gasteiger partial charge in [0.25, 0.3) is 0 Å². The maximum Gasteiger partial charge on any atom is 0.150 e. The van der Waals surface area contributed by atoms with Gasteiger partial charge in [-0.2, -0.15) is 0 Å². The van der Waals surface area contributed by atoms with Crippen molar-refractivity contribution in [2.24, 2.45) is 17.1 Å². The molecule has 0 spiro atoms. The van der Waals surface area contributed by atoms with Crippen molar-refractivity contribution in [3.8, 4) is 0 Å². The quantitative estimate of drug-likeness (QED) is 0.725. The fourth-order valence-electron chi connectivity index (χ4n) is 1.81. The zero-order valence-corrected chi connectivity index (χ0v) is 9.23. The molecule has 0 aromatic carbocycles. The number of rotatable bonds is 2. The number of hydrogen-bond acceptors (Lipinski definition) is 3. The van der Waals surface area contributed by atoms with Crippen LogP contribution in [0, 0.1) is 11.3 Å². The molecule has 1 heterocycles. The van der Waals surface area contributed by atoms with E-state index < -0.39 is 9.84 Å². The van der Waals surface area contributed by atoms with E-state index in [0.29, 0.717) is 18.1 Å². The summed E-state index contributed by atoms with van der Waals surface area (Å²) in [5.74, 6) is 0.942. The molecule has 0 aromatic rings. The zero-order valence-electron chi connectivity index (χ0n) is 8.41. The summed E-state index contributed by atoms with van der Waals surface area (Å²) in [5, 5.41) is 0. The molecule has 1 saturated heterocycles. The number of sulfone groups is 1.